The van der Waals surface area contributed by atoms with Gasteiger partial charge in [-0.25, -0.2) is 13.1 Å². The molecule has 0 unspecified atom stereocenters. The molecule has 0 aliphatic carbocycles. The first-order chi connectivity index (χ1) is 13.0. The molecule has 2 heterocycles. The molecule has 1 N–H and O–H groups in total. The minimum Gasteiger partial charge on any atom is -0.335 e. The summed E-state index contributed by atoms with van der Waals surface area (Å²) in [5.74, 6) is -0.00113. The van der Waals surface area contributed by atoms with Crippen LogP contribution in [0.1, 0.15) is 17.4 Å². The fourth-order valence-electron chi connectivity index (χ4n) is 3.12. The molecule has 0 saturated carbocycles. The Kier molecular flexibility index (Phi) is 6.25. The van der Waals surface area contributed by atoms with Gasteiger partial charge in [-0.3, -0.25) is 14.4 Å². The molecular weight excluding hydrogens is 366 g/mol. The summed E-state index contributed by atoms with van der Waals surface area (Å²) in [5, 5.41) is 4.15. The van der Waals surface area contributed by atoms with Crippen molar-refractivity contribution in [3.63, 3.8) is 0 Å². The second-order valence-corrected chi connectivity index (χ2v) is 8.14. The number of nitrogens with one attached hydrogen (secondary N) is 1. The smallest absolute Gasteiger partial charge is 0.272 e. The predicted octanol–water partition coefficient (Wildman–Crippen LogP) is 0.639. The Hall–Kier alpha value is -2.23. The molecule has 1 fully saturated rings. The van der Waals surface area contributed by atoms with Crippen LogP contribution < -0.4 is 4.72 Å². The molecule has 1 aromatic carbocycles. The Morgan fingerprint density at radius 1 is 1.11 bits per heavy atom. The largest absolute Gasteiger partial charge is 0.335 e. The fourth-order valence-corrected chi connectivity index (χ4v) is 4.17. The Morgan fingerprint density at radius 3 is 2.48 bits per heavy atom. The van der Waals surface area contributed by atoms with Gasteiger partial charge < -0.3 is 4.90 Å². The van der Waals surface area contributed by atoms with Crippen LogP contribution in [-0.2, 0) is 16.6 Å². The first-order valence-electron chi connectivity index (χ1n) is 9.09. The summed E-state index contributed by atoms with van der Waals surface area (Å²) in [4.78, 5) is 16.9. The molecule has 27 heavy (non-hydrogen) atoms. The lowest BCUT2D eigenvalue weighted by atomic mass is 10.2. The van der Waals surface area contributed by atoms with Gasteiger partial charge in [-0.15, -0.1) is 0 Å². The van der Waals surface area contributed by atoms with Crippen molar-refractivity contribution in [1.82, 2.24) is 24.3 Å². The lowest BCUT2D eigenvalue weighted by Gasteiger charge is -2.34. The van der Waals surface area contributed by atoms with E-state index in [1.54, 1.807) is 47.3 Å². The molecule has 1 aromatic heterocycles. The first kappa shape index (κ1) is 19.5. The number of sulfonamides is 1. The molecule has 0 spiro atoms. The van der Waals surface area contributed by atoms with E-state index in [2.05, 4.69) is 14.7 Å². The van der Waals surface area contributed by atoms with Crippen LogP contribution in [0.5, 0.6) is 0 Å². The van der Waals surface area contributed by atoms with Crippen molar-refractivity contribution in [1.29, 1.82) is 0 Å². The topological polar surface area (TPSA) is 87.5 Å². The first-order valence-corrected chi connectivity index (χ1v) is 10.6. The van der Waals surface area contributed by atoms with E-state index in [4.69, 9.17) is 0 Å². The summed E-state index contributed by atoms with van der Waals surface area (Å²) in [6, 6.07) is 10.1. The molecule has 2 aromatic rings. The molecule has 0 bridgehead atoms. The number of amides is 1. The molecule has 1 aliphatic rings. The third-order valence-electron chi connectivity index (χ3n) is 4.67. The van der Waals surface area contributed by atoms with E-state index in [9.17, 15) is 13.2 Å². The van der Waals surface area contributed by atoms with Crippen molar-refractivity contribution >= 4 is 15.9 Å². The van der Waals surface area contributed by atoms with Gasteiger partial charge in [0.15, 0.2) is 0 Å². The van der Waals surface area contributed by atoms with E-state index in [0.717, 1.165) is 13.1 Å². The van der Waals surface area contributed by atoms with Gasteiger partial charge in [0.25, 0.3) is 5.91 Å². The number of rotatable bonds is 7. The van der Waals surface area contributed by atoms with Crippen LogP contribution in [0.4, 0.5) is 0 Å². The second-order valence-electron chi connectivity index (χ2n) is 6.38. The van der Waals surface area contributed by atoms with E-state index in [-0.39, 0.29) is 10.8 Å². The van der Waals surface area contributed by atoms with Crippen LogP contribution >= 0.6 is 0 Å². The Labute approximate surface area is 159 Å². The third kappa shape index (κ3) is 4.74. The maximum atomic E-state index is 12.6. The van der Waals surface area contributed by atoms with Gasteiger partial charge in [0.2, 0.25) is 10.0 Å². The molecule has 1 amide bonds. The molecule has 0 atom stereocenters. The normalized spacial score (nSPS) is 15.8. The molecular formula is C18H25N5O3S. The number of carbonyl (C=O) groups is 1. The highest BCUT2D eigenvalue weighted by Crippen LogP contribution is 2.10. The van der Waals surface area contributed by atoms with Gasteiger partial charge in [0.1, 0.15) is 5.69 Å². The maximum Gasteiger partial charge on any atom is 0.272 e. The van der Waals surface area contributed by atoms with Crippen LogP contribution in [0.3, 0.4) is 0 Å². The van der Waals surface area contributed by atoms with Crippen LogP contribution in [0.2, 0.25) is 0 Å². The van der Waals surface area contributed by atoms with Gasteiger partial charge >= 0.3 is 0 Å². The highest BCUT2D eigenvalue weighted by molar-refractivity contribution is 7.89. The van der Waals surface area contributed by atoms with Crippen molar-refractivity contribution < 1.29 is 13.2 Å². The lowest BCUT2D eigenvalue weighted by molar-refractivity contribution is 0.0628. The second kappa shape index (κ2) is 8.64. The quantitative estimate of drug-likeness (QED) is 0.748. The van der Waals surface area contributed by atoms with Crippen LogP contribution in [0.25, 0.3) is 0 Å². The number of hydrogen-bond acceptors (Lipinski definition) is 5. The maximum absolute atomic E-state index is 12.6. The van der Waals surface area contributed by atoms with E-state index < -0.39 is 10.0 Å². The number of aryl methyl sites for hydroxylation is 1. The van der Waals surface area contributed by atoms with Gasteiger partial charge in [-0.1, -0.05) is 18.2 Å². The van der Waals surface area contributed by atoms with E-state index in [0.29, 0.717) is 38.4 Å². The number of piperazine rings is 1. The monoisotopic (exact) mass is 391 g/mol. The zero-order chi connectivity index (χ0) is 19.3. The lowest BCUT2D eigenvalue weighted by Crippen LogP contribution is -2.50. The van der Waals surface area contributed by atoms with Gasteiger partial charge in [-0.05, 0) is 25.1 Å². The minimum atomic E-state index is -3.47. The average Bonchev–Trinajstić information content (AvgIpc) is 3.17. The number of nitrogens with zero attached hydrogens (tertiary/aromatic N) is 4. The number of carbonyl (C=O) groups excluding carboxylic acids is 1. The van der Waals surface area contributed by atoms with Crippen molar-refractivity contribution in [3.05, 3.63) is 48.3 Å². The average molecular weight is 391 g/mol. The minimum absolute atomic E-state index is 0.00113. The standard InChI is InChI=1S/C18H25N5O3S/c1-2-23-17(8-9-19-23)18(24)22-14-12-21(13-15-22)11-10-20-27(25,26)16-6-4-3-5-7-16/h3-9,20H,2,10-15H2,1H3. The van der Waals surface area contributed by atoms with Gasteiger partial charge in [-0.2, -0.15) is 5.10 Å². The highest BCUT2D eigenvalue weighted by atomic mass is 32.2. The molecule has 1 saturated heterocycles. The van der Waals surface area contributed by atoms with E-state index >= 15 is 0 Å². The summed E-state index contributed by atoms with van der Waals surface area (Å²) in [5.41, 5.74) is 0.613. The number of hydrogen-bond donors (Lipinski definition) is 1. The SMILES string of the molecule is CCn1nccc1C(=O)N1CCN(CCNS(=O)(=O)c2ccccc2)CC1. The predicted molar refractivity (Wildman–Crippen MR) is 102 cm³/mol. The van der Waals surface area contributed by atoms with E-state index in [1.807, 2.05) is 11.8 Å². The zero-order valence-corrected chi connectivity index (χ0v) is 16.2. The van der Waals surface area contributed by atoms with Crippen molar-refractivity contribution in [2.45, 2.75) is 18.4 Å². The molecule has 0 radical (unpaired) electrons. The van der Waals surface area contributed by atoms with Crippen molar-refractivity contribution in [2.75, 3.05) is 39.3 Å². The zero-order valence-electron chi connectivity index (χ0n) is 15.4. The summed E-state index contributed by atoms with van der Waals surface area (Å²) < 4.78 is 28.8. The highest BCUT2D eigenvalue weighted by Gasteiger charge is 2.24. The number of aromatic nitrogens is 2. The number of benzene rings is 1. The molecule has 146 valence electrons. The van der Waals surface area contributed by atoms with Gasteiger partial charge in [0.05, 0.1) is 4.90 Å². The molecule has 9 heteroatoms. The fraction of sp³-hybridized carbons (Fsp3) is 0.444. The summed E-state index contributed by atoms with van der Waals surface area (Å²) >= 11 is 0. The van der Waals surface area contributed by atoms with Crippen molar-refractivity contribution in [3.8, 4) is 0 Å². The Balaban J connectivity index is 1.45. The summed E-state index contributed by atoms with van der Waals surface area (Å²) in [7, 11) is -3.47. The summed E-state index contributed by atoms with van der Waals surface area (Å²) in [6.07, 6.45) is 1.64. The Bertz CT molecular complexity index is 858. The van der Waals surface area contributed by atoms with Crippen LogP contribution in [-0.4, -0.2) is 73.2 Å². The Morgan fingerprint density at radius 2 is 1.81 bits per heavy atom. The molecule has 8 nitrogen and oxygen atoms in total. The van der Waals surface area contributed by atoms with Crippen LogP contribution in [0.15, 0.2) is 47.5 Å². The third-order valence-corrected chi connectivity index (χ3v) is 6.15. The van der Waals surface area contributed by atoms with Crippen LogP contribution in [0, 0.1) is 0 Å². The molecule has 1 aliphatic heterocycles. The van der Waals surface area contributed by atoms with E-state index in [1.165, 1.54) is 0 Å². The van der Waals surface area contributed by atoms with Gasteiger partial charge in [0, 0.05) is 52.0 Å². The summed E-state index contributed by atoms with van der Waals surface area (Å²) in [6.45, 7) is 6.26. The molecule has 3 rings (SSSR count). The van der Waals surface area contributed by atoms with Crippen molar-refractivity contribution in [2.24, 2.45) is 0 Å².